The molecule has 2 nitrogen and oxygen atoms in total. The van der Waals surface area contributed by atoms with Gasteiger partial charge in [-0.3, -0.25) is 9.69 Å². The minimum absolute atomic E-state index is 0.199. The number of hydrogen-bond donors (Lipinski definition) is 0. The topological polar surface area (TPSA) is 20.3 Å². The van der Waals surface area contributed by atoms with Crippen molar-refractivity contribution in [1.82, 2.24) is 4.90 Å². The van der Waals surface area contributed by atoms with Gasteiger partial charge in [-0.05, 0) is 13.5 Å². The van der Waals surface area contributed by atoms with Crippen molar-refractivity contribution in [3.8, 4) is 0 Å². The fraction of sp³-hybridized carbons (Fsp3) is 0.923. The van der Waals surface area contributed by atoms with Crippen molar-refractivity contribution in [3.63, 3.8) is 0 Å². The highest BCUT2D eigenvalue weighted by molar-refractivity contribution is 7.99. The summed E-state index contributed by atoms with van der Waals surface area (Å²) in [6, 6.07) is 0.199. The Kier molecular flexibility index (Phi) is 7.13. The molecule has 0 aromatic carbocycles. The number of carbonyl (C=O) groups is 1. The number of hydrogen-bond acceptors (Lipinski definition) is 3. The van der Waals surface area contributed by atoms with Crippen LogP contribution in [0.1, 0.15) is 45.4 Å². The van der Waals surface area contributed by atoms with Gasteiger partial charge in [0.15, 0.2) is 5.78 Å². The summed E-state index contributed by atoms with van der Waals surface area (Å²) in [5.41, 5.74) is 0. The van der Waals surface area contributed by atoms with Crippen molar-refractivity contribution in [2.45, 2.75) is 51.5 Å². The molecule has 1 atom stereocenters. The molecular formula is C13H25NOS. The van der Waals surface area contributed by atoms with Gasteiger partial charge in [-0.1, -0.05) is 32.6 Å². The van der Waals surface area contributed by atoms with Gasteiger partial charge in [-0.2, -0.15) is 11.8 Å². The van der Waals surface area contributed by atoms with E-state index in [-0.39, 0.29) is 6.04 Å². The highest BCUT2D eigenvalue weighted by atomic mass is 32.2. The molecule has 1 unspecified atom stereocenters. The number of carbonyl (C=O) groups excluding carboxylic acids is 1. The van der Waals surface area contributed by atoms with Crippen LogP contribution in [-0.2, 0) is 4.79 Å². The Balaban J connectivity index is 2.13. The standard InChI is InChI=1S/C13H25NOS/c1-3-4-5-6-7-8-13(15)12-11-16-10-9-14(12)2/h12H,3-11H2,1-2H3. The molecule has 94 valence electrons. The van der Waals surface area contributed by atoms with Crippen LogP contribution in [0.4, 0.5) is 0 Å². The van der Waals surface area contributed by atoms with Gasteiger partial charge >= 0.3 is 0 Å². The second-order valence-electron chi connectivity index (χ2n) is 4.70. The van der Waals surface area contributed by atoms with Crippen LogP contribution in [0.2, 0.25) is 0 Å². The average Bonchev–Trinajstić information content (AvgIpc) is 2.29. The highest BCUT2D eigenvalue weighted by Crippen LogP contribution is 2.17. The largest absolute Gasteiger partial charge is 0.298 e. The molecule has 0 aromatic heterocycles. The molecule has 1 aliphatic rings. The number of ketones is 1. The molecule has 0 N–H and O–H groups in total. The van der Waals surface area contributed by atoms with E-state index in [0.29, 0.717) is 5.78 Å². The van der Waals surface area contributed by atoms with Crippen molar-refractivity contribution in [2.24, 2.45) is 0 Å². The number of rotatable bonds is 7. The van der Waals surface area contributed by atoms with E-state index in [9.17, 15) is 4.79 Å². The lowest BCUT2D eigenvalue weighted by atomic mass is 10.0. The normalized spacial score (nSPS) is 22.2. The maximum Gasteiger partial charge on any atom is 0.150 e. The van der Waals surface area contributed by atoms with E-state index in [4.69, 9.17) is 0 Å². The summed E-state index contributed by atoms with van der Waals surface area (Å²) in [6.07, 6.45) is 6.98. The summed E-state index contributed by atoms with van der Waals surface area (Å²) in [6.45, 7) is 3.29. The van der Waals surface area contributed by atoms with Crippen LogP contribution in [0.15, 0.2) is 0 Å². The van der Waals surface area contributed by atoms with E-state index < -0.39 is 0 Å². The number of unbranched alkanes of at least 4 members (excludes halogenated alkanes) is 4. The maximum absolute atomic E-state index is 12.0. The number of thioether (sulfide) groups is 1. The smallest absolute Gasteiger partial charge is 0.150 e. The Morgan fingerprint density at radius 2 is 2.06 bits per heavy atom. The third-order valence-electron chi connectivity index (χ3n) is 3.29. The molecular weight excluding hydrogens is 218 g/mol. The molecule has 16 heavy (non-hydrogen) atoms. The predicted octanol–water partition coefficient (Wildman–Crippen LogP) is 2.96. The molecule has 1 rings (SSSR count). The molecule has 1 aliphatic heterocycles. The number of Topliss-reactive ketones (excluding diaryl/α,β-unsaturated/α-hetero) is 1. The van der Waals surface area contributed by atoms with Gasteiger partial charge in [0.05, 0.1) is 6.04 Å². The quantitative estimate of drug-likeness (QED) is 0.641. The SMILES string of the molecule is CCCCCCCC(=O)C1CSCCN1C. The molecule has 1 saturated heterocycles. The first-order valence-corrected chi connectivity index (χ1v) is 7.72. The second kappa shape index (κ2) is 8.13. The lowest BCUT2D eigenvalue weighted by molar-refractivity contribution is -0.123. The van der Waals surface area contributed by atoms with Crippen LogP contribution in [0, 0.1) is 0 Å². The minimum Gasteiger partial charge on any atom is -0.298 e. The third-order valence-corrected chi connectivity index (χ3v) is 4.32. The Morgan fingerprint density at radius 3 is 2.75 bits per heavy atom. The number of nitrogens with zero attached hydrogens (tertiary/aromatic N) is 1. The van der Waals surface area contributed by atoms with Gasteiger partial charge in [0.1, 0.15) is 0 Å². The summed E-state index contributed by atoms with van der Waals surface area (Å²) < 4.78 is 0. The van der Waals surface area contributed by atoms with Crippen LogP contribution < -0.4 is 0 Å². The van der Waals surface area contributed by atoms with Crippen LogP contribution in [0.3, 0.4) is 0 Å². The molecule has 0 aromatic rings. The Bertz CT molecular complexity index is 208. The van der Waals surface area contributed by atoms with Crippen molar-refractivity contribution in [1.29, 1.82) is 0 Å². The first-order chi connectivity index (χ1) is 7.75. The average molecular weight is 243 g/mol. The van der Waals surface area contributed by atoms with Crippen LogP contribution in [-0.4, -0.2) is 41.8 Å². The fourth-order valence-electron chi connectivity index (χ4n) is 2.09. The van der Waals surface area contributed by atoms with Gasteiger partial charge in [0.25, 0.3) is 0 Å². The van der Waals surface area contributed by atoms with Crippen molar-refractivity contribution < 1.29 is 4.79 Å². The monoisotopic (exact) mass is 243 g/mol. The highest BCUT2D eigenvalue weighted by Gasteiger charge is 2.25. The number of likely N-dealkylation sites (N-methyl/N-ethyl adjacent to an activating group) is 1. The van der Waals surface area contributed by atoms with Gasteiger partial charge in [-0.15, -0.1) is 0 Å². The zero-order chi connectivity index (χ0) is 11.8. The van der Waals surface area contributed by atoms with Crippen molar-refractivity contribution in [3.05, 3.63) is 0 Å². The summed E-state index contributed by atoms with van der Waals surface area (Å²) in [5.74, 6) is 2.65. The summed E-state index contributed by atoms with van der Waals surface area (Å²) in [4.78, 5) is 14.2. The summed E-state index contributed by atoms with van der Waals surface area (Å²) in [5, 5.41) is 0. The van der Waals surface area contributed by atoms with E-state index in [1.165, 1.54) is 31.4 Å². The zero-order valence-corrected chi connectivity index (χ0v) is 11.5. The second-order valence-corrected chi connectivity index (χ2v) is 5.85. The molecule has 0 saturated carbocycles. The molecule has 1 fully saturated rings. The molecule has 0 spiro atoms. The van der Waals surface area contributed by atoms with Crippen LogP contribution in [0.5, 0.6) is 0 Å². The van der Waals surface area contributed by atoms with E-state index in [1.807, 2.05) is 11.8 Å². The minimum atomic E-state index is 0.199. The van der Waals surface area contributed by atoms with Gasteiger partial charge < -0.3 is 0 Å². The van der Waals surface area contributed by atoms with Gasteiger partial charge in [0, 0.05) is 24.5 Å². The fourth-order valence-corrected chi connectivity index (χ4v) is 3.34. The van der Waals surface area contributed by atoms with Crippen molar-refractivity contribution >= 4 is 17.5 Å². The lowest BCUT2D eigenvalue weighted by Crippen LogP contribution is -2.44. The van der Waals surface area contributed by atoms with Gasteiger partial charge in [-0.25, -0.2) is 0 Å². The molecule has 0 bridgehead atoms. The predicted molar refractivity (Wildman–Crippen MR) is 72.1 cm³/mol. The van der Waals surface area contributed by atoms with Crippen molar-refractivity contribution in [2.75, 3.05) is 25.1 Å². The maximum atomic E-state index is 12.0. The molecule has 3 heteroatoms. The molecule has 0 amide bonds. The molecule has 0 radical (unpaired) electrons. The lowest BCUT2D eigenvalue weighted by Gasteiger charge is -2.30. The zero-order valence-electron chi connectivity index (χ0n) is 10.7. The Morgan fingerprint density at radius 1 is 1.31 bits per heavy atom. The molecule has 1 heterocycles. The van der Waals surface area contributed by atoms with Crippen LogP contribution >= 0.6 is 11.8 Å². The van der Waals surface area contributed by atoms with E-state index in [2.05, 4.69) is 18.9 Å². The first-order valence-electron chi connectivity index (χ1n) is 6.56. The third kappa shape index (κ3) is 4.88. The summed E-state index contributed by atoms with van der Waals surface area (Å²) in [7, 11) is 2.08. The Labute approximate surface area is 104 Å². The molecule has 0 aliphatic carbocycles. The van der Waals surface area contributed by atoms with Crippen LogP contribution in [0.25, 0.3) is 0 Å². The first kappa shape index (κ1) is 14.0. The van der Waals surface area contributed by atoms with E-state index in [1.54, 1.807) is 0 Å². The van der Waals surface area contributed by atoms with E-state index in [0.717, 1.165) is 25.1 Å². The summed E-state index contributed by atoms with van der Waals surface area (Å²) >= 11 is 1.92. The van der Waals surface area contributed by atoms with Gasteiger partial charge in [0.2, 0.25) is 0 Å². The Hall–Kier alpha value is -0.0200. The van der Waals surface area contributed by atoms with E-state index >= 15 is 0 Å².